The van der Waals surface area contributed by atoms with Gasteiger partial charge in [0.1, 0.15) is 11.5 Å². The maximum Gasteiger partial charge on any atom is 0.423 e. The van der Waals surface area contributed by atoms with Crippen LogP contribution in [0.5, 0.6) is 11.5 Å². The highest BCUT2D eigenvalue weighted by atomic mass is 16.5. The molecule has 37 heavy (non-hydrogen) atoms. The fraction of sp³-hybridized carbons (Fsp3) is 0.321. The summed E-state index contributed by atoms with van der Waals surface area (Å²) in [6.07, 6.45) is 4.44. The summed E-state index contributed by atoms with van der Waals surface area (Å²) in [7, 11) is 1.11. The molecule has 4 atom stereocenters. The van der Waals surface area contributed by atoms with E-state index in [4.69, 9.17) is 4.74 Å². The highest BCUT2D eigenvalue weighted by Crippen LogP contribution is 2.54. The third-order valence-corrected chi connectivity index (χ3v) is 8.07. The number of rotatable bonds is 1. The first kappa shape index (κ1) is 23.1. The van der Waals surface area contributed by atoms with Crippen molar-refractivity contribution in [2.45, 2.75) is 26.2 Å². The average molecular weight is 501 g/mol. The first-order chi connectivity index (χ1) is 17.7. The largest absolute Gasteiger partial charge is 0.508 e. The molecule has 1 N–H and O–H groups in total. The molecule has 0 saturated carbocycles. The standard InChI is InChI=1S/C28H23NO8/c1-12-7-20(31)24-19(25(12)32)10-18-16(4-5-17-23(18)27(34)29(26(17)33)28(35)36-2)22(24)14-8-13-9-15(30)3-6-21(13)37-11-14/h3-4,6-7,9,11,17-18,22-23,30H,5,8,10H2,1-2H3. The number of aromatic hydroxyl groups is 1. The number of ether oxygens (including phenoxy) is 2. The van der Waals surface area contributed by atoms with Gasteiger partial charge in [-0.2, -0.15) is 4.90 Å². The van der Waals surface area contributed by atoms with Gasteiger partial charge in [-0.3, -0.25) is 19.2 Å². The number of ketones is 2. The molecule has 3 amide bonds. The van der Waals surface area contributed by atoms with Gasteiger partial charge in [-0.1, -0.05) is 11.6 Å². The first-order valence-electron chi connectivity index (χ1n) is 12.0. The topological polar surface area (TPSA) is 127 Å². The van der Waals surface area contributed by atoms with Crippen LogP contribution in [0.2, 0.25) is 0 Å². The SMILES string of the molecule is COC(=O)N1C(=O)C2CC=C3C(C4=COc5ccc(O)cc5C4)C4=C(CC3C2C1=O)C(=O)C(C)=CC4=O. The number of nitrogens with zero attached hydrogens (tertiary/aromatic N) is 1. The maximum absolute atomic E-state index is 13.4. The first-order valence-corrected chi connectivity index (χ1v) is 12.0. The lowest BCUT2D eigenvalue weighted by Gasteiger charge is -2.43. The van der Waals surface area contributed by atoms with E-state index in [1.807, 2.05) is 6.08 Å². The summed E-state index contributed by atoms with van der Waals surface area (Å²) < 4.78 is 10.5. The predicted octanol–water partition coefficient (Wildman–Crippen LogP) is 2.94. The number of hydrogen-bond donors (Lipinski definition) is 1. The number of amides is 3. The van der Waals surface area contributed by atoms with Crippen molar-refractivity contribution in [3.63, 3.8) is 0 Å². The van der Waals surface area contributed by atoms with Crippen LogP contribution in [-0.2, 0) is 30.3 Å². The lowest BCUT2D eigenvalue weighted by molar-refractivity contribution is -0.137. The van der Waals surface area contributed by atoms with Gasteiger partial charge in [-0.25, -0.2) is 4.79 Å². The van der Waals surface area contributed by atoms with Crippen LogP contribution in [0.4, 0.5) is 4.79 Å². The van der Waals surface area contributed by atoms with Crippen molar-refractivity contribution < 1.29 is 38.6 Å². The molecular formula is C28H23NO8. The zero-order valence-electron chi connectivity index (χ0n) is 20.1. The quantitative estimate of drug-likeness (QED) is 0.354. The Labute approximate surface area is 211 Å². The van der Waals surface area contributed by atoms with E-state index in [-0.39, 0.29) is 30.2 Å². The number of carbonyl (C=O) groups is 5. The Morgan fingerprint density at radius 3 is 2.68 bits per heavy atom. The van der Waals surface area contributed by atoms with Gasteiger partial charge in [0.2, 0.25) is 11.8 Å². The Hall–Kier alpha value is -4.27. The Balaban J connectivity index is 1.48. The van der Waals surface area contributed by atoms with E-state index in [1.54, 1.807) is 25.3 Å². The Kier molecular flexibility index (Phi) is 5.08. The van der Waals surface area contributed by atoms with Crippen molar-refractivity contribution in [3.8, 4) is 11.5 Å². The van der Waals surface area contributed by atoms with Gasteiger partial charge in [-0.15, -0.1) is 0 Å². The van der Waals surface area contributed by atoms with E-state index in [2.05, 4.69) is 4.74 Å². The Morgan fingerprint density at radius 1 is 1.14 bits per heavy atom. The van der Waals surface area contributed by atoms with Crippen molar-refractivity contribution in [2.24, 2.45) is 23.7 Å². The van der Waals surface area contributed by atoms with Gasteiger partial charge in [0.05, 0.1) is 25.2 Å². The van der Waals surface area contributed by atoms with E-state index >= 15 is 0 Å². The second-order valence-corrected chi connectivity index (χ2v) is 9.99. The molecule has 0 aromatic heterocycles. The van der Waals surface area contributed by atoms with Gasteiger partial charge in [0.15, 0.2) is 11.6 Å². The van der Waals surface area contributed by atoms with Crippen molar-refractivity contribution in [3.05, 3.63) is 70.0 Å². The van der Waals surface area contributed by atoms with E-state index in [1.165, 1.54) is 12.1 Å². The lowest BCUT2D eigenvalue weighted by Crippen LogP contribution is -2.41. The van der Waals surface area contributed by atoms with Gasteiger partial charge in [0.25, 0.3) is 0 Å². The summed E-state index contributed by atoms with van der Waals surface area (Å²) in [4.78, 5) is 65.8. The monoisotopic (exact) mass is 501 g/mol. The molecule has 3 aliphatic carbocycles. The highest BCUT2D eigenvalue weighted by Gasteiger charge is 2.58. The van der Waals surface area contributed by atoms with E-state index < -0.39 is 41.6 Å². The number of phenols is 1. The molecule has 188 valence electrons. The van der Waals surface area contributed by atoms with Crippen molar-refractivity contribution in [1.82, 2.24) is 4.90 Å². The molecule has 2 aliphatic heterocycles. The van der Waals surface area contributed by atoms with Crippen LogP contribution < -0.4 is 4.74 Å². The van der Waals surface area contributed by atoms with Crippen molar-refractivity contribution in [1.29, 1.82) is 0 Å². The zero-order chi connectivity index (χ0) is 26.2. The molecule has 1 saturated heterocycles. The number of imide groups is 3. The number of allylic oxidation sites excluding steroid dienone is 7. The highest BCUT2D eigenvalue weighted by molar-refractivity contribution is 6.23. The van der Waals surface area contributed by atoms with Gasteiger partial charge < -0.3 is 14.6 Å². The summed E-state index contributed by atoms with van der Waals surface area (Å²) in [5, 5.41) is 10.00. The summed E-state index contributed by atoms with van der Waals surface area (Å²) >= 11 is 0. The number of hydrogen-bond acceptors (Lipinski definition) is 8. The third kappa shape index (κ3) is 3.26. The van der Waals surface area contributed by atoms with E-state index in [0.717, 1.165) is 18.2 Å². The Morgan fingerprint density at radius 2 is 1.92 bits per heavy atom. The summed E-state index contributed by atoms with van der Waals surface area (Å²) in [6.45, 7) is 1.58. The van der Waals surface area contributed by atoms with Gasteiger partial charge in [0, 0.05) is 34.6 Å². The van der Waals surface area contributed by atoms with Crippen LogP contribution in [-0.4, -0.2) is 46.6 Å². The second-order valence-electron chi connectivity index (χ2n) is 9.99. The zero-order valence-corrected chi connectivity index (χ0v) is 20.1. The van der Waals surface area contributed by atoms with Gasteiger partial charge >= 0.3 is 6.09 Å². The van der Waals surface area contributed by atoms with Crippen LogP contribution in [0, 0.1) is 23.7 Å². The van der Waals surface area contributed by atoms with E-state index in [0.29, 0.717) is 39.4 Å². The van der Waals surface area contributed by atoms with Crippen LogP contribution in [0.3, 0.4) is 0 Å². The molecule has 1 aromatic carbocycles. The Bertz CT molecular complexity index is 1460. The lowest BCUT2D eigenvalue weighted by atomic mass is 9.58. The van der Waals surface area contributed by atoms with Crippen molar-refractivity contribution >= 4 is 29.5 Å². The number of methoxy groups -OCH3 is 1. The molecule has 2 heterocycles. The fourth-order valence-corrected chi connectivity index (χ4v) is 6.46. The fourth-order valence-electron chi connectivity index (χ4n) is 6.46. The minimum atomic E-state index is -1.03. The van der Waals surface area contributed by atoms with Crippen LogP contribution in [0.1, 0.15) is 25.3 Å². The smallest absolute Gasteiger partial charge is 0.423 e. The molecule has 0 bridgehead atoms. The summed E-state index contributed by atoms with van der Waals surface area (Å²) in [5.41, 5.74) is 3.20. The number of phenolic OH excluding ortho intramolecular Hbond substituents is 1. The summed E-state index contributed by atoms with van der Waals surface area (Å²) in [5.74, 6) is -3.93. The molecule has 5 aliphatic rings. The predicted molar refractivity (Wildman–Crippen MR) is 127 cm³/mol. The average Bonchev–Trinajstić information content (AvgIpc) is 3.14. The molecule has 1 aromatic rings. The molecule has 1 fully saturated rings. The third-order valence-electron chi connectivity index (χ3n) is 8.07. The van der Waals surface area contributed by atoms with Crippen molar-refractivity contribution in [2.75, 3.05) is 7.11 Å². The number of fused-ring (bicyclic) bond motifs is 4. The second kappa shape index (κ2) is 8.12. The van der Waals surface area contributed by atoms with E-state index in [9.17, 15) is 29.1 Å². The molecule has 9 nitrogen and oxygen atoms in total. The maximum atomic E-state index is 13.4. The molecule has 9 heteroatoms. The van der Waals surface area contributed by atoms with Crippen LogP contribution >= 0.6 is 0 Å². The minimum Gasteiger partial charge on any atom is -0.508 e. The number of likely N-dealkylation sites (tertiary alicyclic amines) is 1. The summed E-state index contributed by atoms with van der Waals surface area (Å²) in [6, 6.07) is 4.77. The molecule has 0 spiro atoms. The number of benzene rings is 1. The minimum absolute atomic E-state index is 0.0743. The molecular weight excluding hydrogens is 478 g/mol. The molecule has 4 unspecified atom stereocenters. The van der Waals surface area contributed by atoms with Gasteiger partial charge in [-0.05, 0) is 55.5 Å². The molecule has 6 rings (SSSR count). The van der Waals surface area contributed by atoms with Crippen LogP contribution in [0.25, 0.3) is 0 Å². The molecule has 0 radical (unpaired) electrons. The number of carbonyl (C=O) groups excluding carboxylic acids is 5. The normalized spacial score (nSPS) is 28.4. The van der Waals surface area contributed by atoms with Crippen LogP contribution in [0.15, 0.2) is 64.5 Å². The number of Topliss-reactive ketones (excluding diaryl/α,β-unsaturated/α-hetero) is 1.